The van der Waals surface area contributed by atoms with Gasteiger partial charge < -0.3 is 0 Å². The van der Waals surface area contributed by atoms with Crippen molar-refractivity contribution in [2.75, 3.05) is 0 Å². The summed E-state index contributed by atoms with van der Waals surface area (Å²) < 4.78 is 128. The summed E-state index contributed by atoms with van der Waals surface area (Å²) in [4.78, 5) is 0. The molecule has 0 saturated carbocycles. The first-order valence-electron chi connectivity index (χ1n) is 5.26. The molecule has 0 heterocycles. The fourth-order valence-corrected chi connectivity index (χ4v) is 1.92. The van der Waals surface area contributed by atoms with Crippen molar-refractivity contribution in [3.8, 4) is 0 Å². The van der Waals surface area contributed by atoms with E-state index in [4.69, 9.17) is 11.6 Å². The summed E-state index contributed by atoms with van der Waals surface area (Å²) >= 11 is 5.31. The highest BCUT2D eigenvalue weighted by Gasteiger charge is 2.87. The van der Waals surface area contributed by atoms with Crippen molar-refractivity contribution in [2.45, 2.75) is 24.7 Å². The second-order valence-corrected chi connectivity index (χ2v) is 4.65. The molecule has 0 nitrogen and oxygen atoms in total. The number of hydrogen-bond donors (Lipinski definition) is 0. The van der Waals surface area contributed by atoms with Crippen LogP contribution in [0.3, 0.4) is 0 Å². The molecule has 0 aliphatic carbocycles. The number of alkyl halides is 10. The molecule has 1 aromatic rings. The molecular weight excluding hydrogens is 358 g/mol. The Hall–Kier alpha value is -1.19. The standard InChI is InChI=1S/C11H5ClF10/c12-6-3-1-5(2-4-6)7(13)8(9(14,15)16,10(17,18)19)11(20,21)22/h1-4,7H. The Morgan fingerprint density at radius 1 is 0.682 bits per heavy atom. The monoisotopic (exact) mass is 362 g/mol. The Kier molecular flexibility index (Phi) is 4.69. The number of rotatable bonds is 2. The Balaban J connectivity index is 3.66. The predicted octanol–water partition coefficient (Wildman–Crippen LogP) is 6.02. The summed E-state index contributed by atoms with van der Waals surface area (Å²) in [6.45, 7) is 0. The lowest BCUT2D eigenvalue weighted by atomic mass is 9.77. The van der Waals surface area contributed by atoms with Crippen LogP contribution in [0.1, 0.15) is 11.7 Å². The smallest absolute Gasteiger partial charge is 0.241 e. The maximum atomic E-state index is 13.9. The maximum absolute atomic E-state index is 13.9. The predicted molar refractivity (Wildman–Crippen MR) is 55.9 cm³/mol. The molecule has 1 rings (SSSR count). The van der Waals surface area contributed by atoms with Crippen LogP contribution < -0.4 is 0 Å². The summed E-state index contributed by atoms with van der Waals surface area (Å²) in [5.41, 5.74) is -7.99. The summed E-state index contributed by atoms with van der Waals surface area (Å²) in [6.07, 6.45) is -25.3. The molecule has 0 aliphatic rings. The number of benzene rings is 1. The fourth-order valence-electron chi connectivity index (χ4n) is 1.79. The van der Waals surface area contributed by atoms with E-state index in [9.17, 15) is 43.9 Å². The molecule has 0 amide bonds. The zero-order chi connectivity index (χ0) is 17.6. The molecule has 0 fully saturated rings. The van der Waals surface area contributed by atoms with Gasteiger partial charge in [0.1, 0.15) is 0 Å². The first-order valence-corrected chi connectivity index (χ1v) is 5.63. The van der Waals surface area contributed by atoms with Crippen molar-refractivity contribution in [3.63, 3.8) is 0 Å². The fraction of sp³-hybridized carbons (Fsp3) is 0.455. The zero-order valence-electron chi connectivity index (χ0n) is 10.0. The maximum Gasteiger partial charge on any atom is 0.415 e. The van der Waals surface area contributed by atoms with Crippen LogP contribution in [0, 0.1) is 5.41 Å². The summed E-state index contributed by atoms with van der Waals surface area (Å²) in [7, 11) is 0. The van der Waals surface area contributed by atoms with Crippen molar-refractivity contribution in [2.24, 2.45) is 5.41 Å². The van der Waals surface area contributed by atoms with Crippen LogP contribution in [-0.4, -0.2) is 18.5 Å². The molecule has 0 aromatic heterocycles. The molecular formula is C11H5ClF10. The van der Waals surface area contributed by atoms with E-state index in [1.807, 2.05) is 0 Å². The molecule has 126 valence electrons. The first kappa shape index (κ1) is 18.9. The molecule has 0 aliphatic heterocycles. The Morgan fingerprint density at radius 3 is 1.27 bits per heavy atom. The molecule has 1 atom stereocenters. The largest absolute Gasteiger partial charge is 0.415 e. The highest BCUT2D eigenvalue weighted by molar-refractivity contribution is 6.30. The van der Waals surface area contributed by atoms with Crippen LogP contribution >= 0.6 is 11.6 Å². The van der Waals surface area contributed by atoms with Crippen molar-refractivity contribution < 1.29 is 43.9 Å². The van der Waals surface area contributed by atoms with Crippen LogP contribution in [-0.2, 0) is 0 Å². The molecule has 1 aromatic carbocycles. The van der Waals surface area contributed by atoms with Crippen LogP contribution in [0.15, 0.2) is 24.3 Å². The highest BCUT2D eigenvalue weighted by atomic mass is 35.5. The quantitative estimate of drug-likeness (QED) is 0.564. The van der Waals surface area contributed by atoms with Crippen LogP contribution in [0.4, 0.5) is 43.9 Å². The Labute approximate surface area is 121 Å². The van der Waals surface area contributed by atoms with Gasteiger partial charge in [0.15, 0.2) is 6.17 Å². The van der Waals surface area contributed by atoms with E-state index in [1.54, 1.807) is 0 Å². The van der Waals surface area contributed by atoms with Crippen molar-refractivity contribution in [1.82, 2.24) is 0 Å². The minimum Gasteiger partial charge on any atom is -0.241 e. The molecule has 1 unspecified atom stereocenters. The number of halogens is 11. The van der Waals surface area contributed by atoms with Crippen LogP contribution in [0.2, 0.25) is 5.02 Å². The van der Waals surface area contributed by atoms with Crippen molar-refractivity contribution in [1.29, 1.82) is 0 Å². The lowest BCUT2D eigenvalue weighted by Crippen LogP contribution is -2.62. The van der Waals surface area contributed by atoms with Gasteiger partial charge in [0.05, 0.1) is 0 Å². The second-order valence-electron chi connectivity index (χ2n) is 4.22. The second kappa shape index (κ2) is 5.47. The van der Waals surface area contributed by atoms with E-state index >= 15 is 0 Å². The van der Waals surface area contributed by atoms with Gasteiger partial charge in [-0.1, -0.05) is 23.7 Å². The van der Waals surface area contributed by atoms with Gasteiger partial charge in [-0.25, -0.2) is 4.39 Å². The summed E-state index contributed by atoms with van der Waals surface area (Å²) in [5.74, 6) is 0. The van der Waals surface area contributed by atoms with Gasteiger partial charge in [0.2, 0.25) is 0 Å². The molecule has 0 spiro atoms. The van der Waals surface area contributed by atoms with Gasteiger partial charge in [0.25, 0.3) is 5.41 Å². The van der Waals surface area contributed by atoms with E-state index in [0.29, 0.717) is 24.3 Å². The third-order valence-corrected chi connectivity index (χ3v) is 3.14. The van der Waals surface area contributed by atoms with Crippen molar-refractivity contribution >= 4 is 11.6 Å². The summed E-state index contributed by atoms with van der Waals surface area (Å²) in [6, 6.07) is 2.00. The Bertz CT molecular complexity index is 474. The van der Waals surface area contributed by atoms with Gasteiger partial charge in [0, 0.05) is 5.02 Å². The van der Waals surface area contributed by atoms with Crippen molar-refractivity contribution in [3.05, 3.63) is 34.9 Å². The number of hydrogen-bond acceptors (Lipinski definition) is 0. The third-order valence-electron chi connectivity index (χ3n) is 2.88. The van der Waals surface area contributed by atoms with Gasteiger partial charge in [-0.05, 0) is 17.7 Å². The first-order chi connectivity index (χ1) is 9.66. The lowest BCUT2D eigenvalue weighted by molar-refractivity contribution is -0.443. The Morgan fingerprint density at radius 2 is 1.00 bits per heavy atom. The lowest BCUT2D eigenvalue weighted by Gasteiger charge is -2.40. The van der Waals surface area contributed by atoms with Gasteiger partial charge >= 0.3 is 18.5 Å². The topological polar surface area (TPSA) is 0 Å². The molecule has 11 heteroatoms. The van der Waals surface area contributed by atoms with E-state index in [-0.39, 0.29) is 5.02 Å². The third kappa shape index (κ3) is 2.84. The minimum atomic E-state index is -6.96. The van der Waals surface area contributed by atoms with Gasteiger partial charge in [-0.2, -0.15) is 39.5 Å². The van der Waals surface area contributed by atoms with E-state index in [1.165, 1.54) is 0 Å². The highest BCUT2D eigenvalue weighted by Crippen LogP contribution is 2.66. The van der Waals surface area contributed by atoms with Crippen LogP contribution in [0.25, 0.3) is 0 Å². The molecule has 0 bridgehead atoms. The SMILES string of the molecule is FC(c1ccc(Cl)cc1)C(C(F)(F)F)(C(F)(F)F)C(F)(F)F. The van der Waals surface area contributed by atoms with E-state index in [0.717, 1.165) is 0 Å². The van der Waals surface area contributed by atoms with E-state index < -0.39 is 35.7 Å². The van der Waals surface area contributed by atoms with E-state index in [2.05, 4.69) is 0 Å². The van der Waals surface area contributed by atoms with Gasteiger partial charge in [-0.15, -0.1) is 0 Å². The summed E-state index contributed by atoms with van der Waals surface area (Å²) in [5, 5.41) is -0.201. The zero-order valence-corrected chi connectivity index (χ0v) is 10.8. The molecule has 0 saturated heterocycles. The normalized spacial score (nSPS) is 15.8. The van der Waals surface area contributed by atoms with Gasteiger partial charge in [-0.3, -0.25) is 0 Å². The van der Waals surface area contributed by atoms with Crippen LogP contribution in [0.5, 0.6) is 0 Å². The average molecular weight is 363 g/mol. The molecule has 22 heavy (non-hydrogen) atoms. The average Bonchev–Trinajstić information content (AvgIpc) is 2.23. The molecule has 0 N–H and O–H groups in total. The molecule has 0 radical (unpaired) electrons. The minimum absolute atomic E-state index is 0.201.